The Morgan fingerprint density at radius 1 is 0.848 bits per heavy atom. The van der Waals surface area contributed by atoms with Gasteiger partial charge in [-0.05, 0) is 44.0 Å². The fourth-order valence-electron chi connectivity index (χ4n) is 3.10. The molecule has 33 heavy (non-hydrogen) atoms. The number of para-hydroxylation sites is 3. The number of carbonyl (C=O) groups excluding carboxylic acids is 2. The molecule has 0 radical (unpaired) electrons. The predicted molar refractivity (Wildman–Crippen MR) is 122 cm³/mol. The van der Waals surface area contributed by atoms with Gasteiger partial charge in [0.25, 0.3) is 0 Å². The van der Waals surface area contributed by atoms with E-state index in [2.05, 4.69) is 0 Å². The van der Waals surface area contributed by atoms with Gasteiger partial charge in [-0.1, -0.05) is 24.3 Å². The molecule has 0 amide bonds. The van der Waals surface area contributed by atoms with Crippen molar-refractivity contribution in [3.05, 3.63) is 54.1 Å². The number of Topliss-reactive ketones (excluding diaryl/α,β-unsaturated/α-hetero) is 1. The van der Waals surface area contributed by atoms with Crippen LogP contribution >= 0.6 is 0 Å². The highest BCUT2D eigenvalue weighted by atomic mass is 16.7. The second-order valence-electron chi connectivity index (χ2n) is 6.97. The lowest BCUT2D eigenvalue weighted by Gasteiger charge is -2.17. The number of methoxy groups -OCH3 is 2. The van der Waals surface area contributed by atoms with Crippen LogP contribution in [0.3, 0.4) is 0 Å². The van der Waals surface area contributed by atoms with Crippen LogP contribution in [0.4, 0.5) is 0 Å². The maximum absolute atomic E-state index is 13.3. The highest BCUT2D eigenvalue weighted by molar-refractivity contribution is 6.10. The van der Waals surface area contributed by atoms with Gasteiger partial charge in [-0.2, -0.15) is 0 Å². The van der Waals surface area contributed by atoms with Crippen molar-refractivity contribution in [2.24, 2.45) is 5.92 Å². The van der Waals surface area contributed by atoms with Crippen molar-refractivity contribution in [1.82, 2.24) is 0 Å². The molecular weight excluding hydrogens is 428 g/mol. The monoisotopic (exact) mass is 460 g/mol. The Labute approximate surface area is 194 Å². The summed E-state index contributed by atoms with van der Waals surface area (Å²) >= 11 is 0. The molecule has 1 unspecified atom stereocenters. The maximum atomic E-state index is 13.3. The molecule has 8 heteroatoms. The summed E-state index contributed by atoms with van der Waals surface area (Å²) in [6.07, 6.45) is 0.738. The van der Waals surface area contributed by atoms with Crippen LogP contribution in [0.1, 0.15) is 30.1 Å². The van der Waals surface area contributed by atoms with Gasteiger partial charge in [-0.3, -0.25) is 9.59 Å². The first-order valence-electron chi connectivity index (χ1n) is 10.9. The van der Waals surface area contributed by atoms with Crippen molar-refractivity contribution >= 4 is 11.8 Å². The molecule has 0 saturated carbocycles. The minimum atomic E-state index is -0.967. The first kappa shape index (κ1) is 26.2. The molecule has 0 aromatic heterocycles. The quantitative estimate of drug-likeness (QED) is 0.122. The van der Waals surface area contributed by atoms with E-state index in [0.29, 0.717) is 49.1 Å². The summed E-state index contributed by atoms with van der Waals surface area (Å²) in [4.78, 5) is 25.9. The SMILES string of the molecule is CCOC(=O)C(CCCOc1ccccc1OC)C(=O)c1ccccc1OCOCCOC. The van der Waals surface area contributed by atoms with Gasteiger partial charge in [-0.25, -0.2) is 0 Å². The van der Waals surface area contributed by atoms with Crippen LogP contribution < -0.4 is 14.2 Å². The molecule has 1 atom stereocenters. The summed E-state index contributed by atoms with van der Waals surface area (Å²) in [5, 5.41) is 0. The lowest BCUT2D eigenvalue weighted by Crippen LogP contribution is -2.27. The van der Waals surface area contributed by atoms with Crippen molar-refractivity contribution in [2.75, 3.05) is 47.4 Å². The Morgan fingerprint density at radius 3 is 2.24 bits per heavy atom. The summed E-state index contributed by atoms with van der Waals surface area (Å²) in [5.41, 5.74) is 0.302. The van der Waals surface area contributed by atoms with Gasteiger partial charge in [-0.15, -0.1) is 0 Å². The van der Waals surface area contributed by atoms with Crippen molar-refractivity contribution < 1.29 is 38.0 Å². The van der Waals surface area contributed by atoms with Crippen LogP contribution in [-0.2, 0) is 19.0 Å². The zero-order valence-electron chi connectivity index (χ0n) is 19.4. The number of carbonyl (C=O) groups is 2. The van der Waals surface area contributed by atoms with E-state index >= 15 is 0 Å². The average Bonchev–Trinajstić information content (AvgIpc) is 2.84. The smallest absolute Gasteiger partial charge is 0.316 e. The Balaban J connectivity index is 2.03. The molecule has 0 aliphatic carbocycles. The number of ether oxygens (including phenoxy) is 6. The van der Waals surface area contributed by atoms with Crippen molar-refractivity contribution in [1.29, 1.82) is 0 Å². The van der Waals surface area contributed by atoms with Crippen LogP contribution in [0, 0.1) is 5.92 Å². The zero-order valence-corrected chi connectivity index (χ0v) is 19.4. The second-order valence-corrected chi connectivity index (χ2v) is 6.97. The van der Waals surface area contributed by atoms with E-state index in [9.17, 15) is 9.59 Å². The molecule has 0 bridgehead atoms. The van der Waals surface area contributed by atoms with Crippen molar-refractivity contribution in [3.8, 4) is 17.2 Å². The number of rotatable bonds is 16. The fraction of sp³-hybridized carbons (Fsp3) is 0.440. The average molecular weight is 461 g/mol. The highest BCUT2D eigenvalue weighted by Gasteiger charge is 2.30. The van der Waals surface area contributed by atoms with Gasteiger partial charge in [0.15, 0.2) is 24.1 Å². The van der Waals surface area contributed by atoms with Gasteiger partial charge in [0, 0.05) is 7.11 Å². The minimum Gasteiger partial charge on any atom is -0.493 e. The first-order chi connectivity index (χ1) is 16.1. The van der Waals surface area contributed by atoms with Crippen LogP contribution in [-0.4, -0.2) is 59.2 Å². The number of esters is 1. The molecule has 2 aromatic carbocycles. The Bertz CT molecular complexity index is 867. The zero-order chi connectivity index (χ0) is 23.9. The summed E-state index contributed by atoms with van der Waals surface area (Å²) in [6, 6.07) is 14.1. The predicted octanol–water partition coefficient (Wildman–Crippen LogP) is 3.92. The molecule has 0 spiro atoms. The number of hydrogen-bond acceptors (Lipinski definition) is 8. The summed E-state index contributed by atoms with van der Waals surface area (Å²) < 4.78 is 32.1. The molecule has 0 N–H and O–H groups in total. The number of hydrogen-bond donors (Lipinski definition) is 0. The Hall–Kier alpha value is -3.10. The van der Waals surface area contributed by atoms with Gasteiger partial charge in [0.1, 0.15) is 11.7 Å². The van der Waals surface area contributed by atoms with Crippen LogP contribution in [0.25, 0.3) is 0 Å². The van der Waals surface area contributed by atoms with E-state index in [4.69, 9.17) is 28.4 Å². The van der Waals surface area contributed by atoms with E-state index in [1.165, 1.54) is 0 Å². The molecule has 180 valence electrons. The fourth-order valence-corrected chi connectivity index (χ4v) is 3.10. The maximum Gasteiger partial charge on any atom is 0.316 e. The molecule has 0 aliphatic rings. The molecular formula is C25H32O8. The normalized spacial score (nSPS) is 11.5. The lowest BCUT2D eigenvalue weighted by molar-refractivity contribution is -0.146. The van der Waals surface area contributed by atoms with Gasteiger partial charge in [0.05, 0.1) is 39.1 Å². The Kier molecular flexibility index (Phi) is 11.8. The van der Waals surface area contributed by atoms with Crippen molar-refractivity contribution in [3.63, 3.8) is 0 Å². The van der Waals surface area contributed by atoms with E-state index in [0.717, 1.165) is 0 Å². The van der Waals surface area contributed by atoms with Crippen molar-refractivity contribution in [2.45, 2.75) is 19.8 Å². The topological polar surface area (TPSA) is 89.5 Å². The van der Waals surface area contributed by atoms with Crippen LogP contribution in [0.5, 0.6) is 17.2 Å². The first-order valence-corrected chi connectivity index (χ1v) is 10.9. The molecule has 0 saturated heterocycles. The molecule has 2 aromatic rings. The largest absolute Gasteiger partial charge is 0.493 e. The van der Waals surface area contributed by atoms with E-state index in [-0.39, 0.29) is 25.6 Å². The third-order valence-corrected chi connectivity index (χ3v) is 4.73. The van der Waals surface area contributed by atoms with Gasteiger partial charge < -0.3 is 28.4 Å². The molecule has 0 heterocycles. The van der Waals surface area contributed by atoms with Crippen LogP contribution in [0.2, 0.25) is 0 Å². The number of ketones is 1. The van der Waals surface area contributed by atoms with Gasteiger partial charge >= 0.3 is 5.97 Å². The summed E-state index contributed by atoms with van der Waals surface area (Å²) in [5.74, 6) is -0.324. The minimum absolute atomic E-state index is 0.0372. The third-order valence-electron chi connectivity index (χ3n) is 4.73. The Morgan fingerprint density at radius 2 is 1.55 bits per heavy atom. The van der Waals surface area contributed by atoms with E-state index < -0.39 is 11.9 Å². The van der Waals surface area contributed by atoms with E-state index in [1.54, 1.807) is 57.5 Å². The molecule has 0 aliphatic heterocycles. The highest BCUT2D eigenvalue weighted by Crippen LogP contribution is 2.27. The van der Waals surface area contributed by atoms with Crippen LogP contribution in [0.15, 0.2) is 48.5 Å². The number of benzene rings is 2. The van der Waals surface area contributed by atoms with Gasteiger partial charge in [0.2, 0.25) is 0 Å². The molecule has 0 fully saturated rings. The lowest BCUT2D eigenvalue weighted by atomic mass is 9.93. The molecule has 8 nitrogen and oxygen atoms in total. The van der Waals surface area contributed by atoms with E-state index in [1.807, 2.05) is 12.1 Å². The summed E-state index contributed by atoms with van der Waals surface area (Å²) in [7, 11) is 3.15. The summed E-state index contributed by atoms with van der Waals surface area (Å²) in [6.45, 7) is 2.97. The second kappa shape index (κ2) is 14.9. The third kappa shape index (κ3) is 8.40. The molecule has 2 rings (SSSR count). The standard InChI is InChI=1S/C25H32O8/c1-4-31-25(27)20(11-9-15-32-23-14-8-7-13-22(23)29-3)24(26)19-10-5-6-12-21(19)33-18-30-17-16-28-2/h5-8,10,12-14,20H,4,9,11,15-18H2,1-3H3.